The standard InChI is InChI=1S/C28H20FNO4/c1-34-27(33)24-23(17-10-13-18(29)14-11-17)28(25(31)19-7-3-4-8-20(19)26(28)32)22-15-12-16-6-2-5-9-21(16)30(22)24/h2-15,22-24H,1H3/t22-,23-,24+/m1/s1. The maximum atomic E-state index is 14.2. The quantitative estimate of drug-likeness (QED) is 0.424. The number of nitrogens with zero attached hydrogens (tertiary/aromatic N) is 1. The van der Waals surface area contributed by atoms with Crippen LogP contribution in [0.1, 0.15) is 37.8 Å². The molecule has 1 fully saturated rings. The average Bonchev–Trinajstić information content (AvgIpc) is 3.31. The molecule has 34 heavy (non-hydrogen) atoms. The molecule has 0 radical (unpaired) electrons. The van der Waals surface area contributed by atoms with Gasteiger partial charge in [-0.1, -0.05) is 66.7 Å². The third-order valence-corrected chi connectivity index (χ3v) is 7.38. The molecule has 6 rings (SSSR count). The largest absolute Gasteiger partial charge is 0.467 e. The molecule has 5 nitrogen and oxygen atoms in total. The molecule has 3 aromatic carbocycles. The fraction of sp³-hybridized carbons (Fsp3) is 0.179. The highest BCUT2D eigenvalue weighted by molar-refractivity contribution is 6.32. The zero-order chi connectivity index (χ0) is 23.6. The van der Waals surface area contributed by atoms with Crippen LogP contribution in [0.15, 0.2) is 78.9 Å². The van der Waals surface area contributed by atoms with Gasteiger partial charge in [0.2, 0.25) is 0 Å². The van der Waals surface area contributed by atoms with Crippen LogP contribution < -0.4 is 4.90 Å². The zero-order valence-corrected chi connectivity index (χ0v) is 18.3. The lowest BCUT2D eigenvalue weighted by Crippen LogP contribution is -2.48. The van der Waals surface area contributed by atoms with Crippen LogP contribution >= 0.6 is 0 Å². The van der Waals surface area contributed by atoms with Crippen molar-refractivity contribution in [2.24, 2.45) is 5.41 Å². The van der Waals surface area contributed by atoms with Crippen molar-refractivity contribution in [3.63, 3.8) is 0 Å². The Bertz CT molecular complexity index is 1360. The number of benzene rings is 3. The number of hydrogen-bond donors (Lipinski definition) is 0. The van der Waals surface area contributed by atoms with E-state index in [9.17, 15) is 18.8 Å². The van der Waals surface area contributed by atoms with E-state index >= 15 is 0 Å². The molecule has 1 spiro atoms. The first-order chi connectivity index (χ1) is 16.5. The number of para-hydroxylation sites is 1. The van der Waals surface area contributed by atoms with Crippen LogP contribution in [-0.2, 0) is 9.53 Å². The Morgan fingerprint density at radius 1 is 0.912 bits per heavy atom. The van der Waals surface area contributed by atoms with Crippen molar-refractivity contribution < 1.29 is 23.5 Å². The molecule has 2 aliphatic heterocycles. The summed E-state index contributed by atoms with van der Waals surface area (Å²) in [5.74, 6) is -2.53. The first-order valence-corrected chi connectivity index (χ1v) is 11.1. The van der Waals surface area contributed by atoms with Gasteiger partial charge in [0.15, 0.2) is 11.6 Å². The summed E-state index contributed by atoms with van der Waals surface area (Å²) in [6.45, 7) is 0. The van der Waals surface area contributed by atoms with Crippen LogP contribution in [0.3, 0.4) is 0 Å². The Labute approximate surface area is 195 Å². The number of ketones is 2. The Kier molecular flexibility index (Phi) is 4.36. The van der Waals surface area contributed by atoms with E-state index in [-0.39, 0.29) is 11.6 Å². The second kappa shape index (κ2) is 7.22. The molecule has 1 aliphatic carbocycles. The maximum Gasteiger partial charge on any atom is 0.329 e. The average molecular weight is 453 g/mol. The molecule has 3 atom stereocenters. The molecular formula is C28H20FNO4. The lowest BCUT2D eigenvalue weighted by molar-refractivity contribution is -0.142. The van der Waals surface area contributed by atoms with Gasteiger partial charge in [0.25, 0.3) is 0 Å². The minimum absolute atomic E-state index is 0.326. The summed E-state index contributed by atoms with van der Waals surface area (Å²) in [6.07, 6.45) is 3.73. The molecule has 2 heterocycles. The van der Waals surface area contributed by atoms with Gasteiger partial charge in [-0.25, -0.2) is 9.18 Å². The Morgan fingerprint density at radius 2 is 1.53 bits per heavy atom. The SMILES string of the molecule is COC(=O)[C@@H]1[C@@H](c2ccc(F)cc2)C2(C(=O)c3ccccc3C2=O)[C@H]2C=Cc3ccccc3N12. The summed E-state index contributed by atoms with van der Waals surface area (Å²) >= 11 is 0. The molecule has 0 unspecified atom stereocenters. The van der Waals surface area contributed by atoms with Crippen molar-refractivity contribution >= 4 is 29.3 Å². The summed E-state index contributed by atoms with van der Waals surface area (Å²) in [6, 6.07) is 18.3. The third-order valence-electron chi connectivity index (χ3n) is 7.38. The predicted molar refractivity (Wildman–Crippen MR) is 124 cm³/mol. The van der Waals surface area contributed by atoms with Crippen LogP contribution in [0.2, 0.25) is 0 Å². The van der Waals surface area contributed by atoms with E-state index in [2.05, 4.69) is 0 Å². The topological polar surface area (TPSA) is 63.7 Å². The van der Waals surface area contributed by atoms with E-state index in [0.717, 1.165) is 11.3 Å². The summed E-state index contributed by atoms with van der Waals surface area (Å²) in [7, 11) is 1.29. The second-order valence-electron chi connectivity index (χ2n) is 8.84. The Morgan fingerprint density at radius 3 is 2.18 bits per heavy atom. The number of esters is 1. The minimum atomic E-state index is -1.59. The molecule has 3 aromatic rings. The van der Waals surface area contributed by atoms with Crippen LogP contribution in [0.25, 0.3) is 6.08 Å². The smallest absolute Gasteiger partial charge is 0.329 e. The lowest BCUT2D eigenvalue weighted by atomic mass is 9.65. The van der Waals surface area contributed by atoms with Crippen LogP contribution in [0.4, 0.5) is 10.1 Å². The number of Topliss-reactive ketones (excluding diaryl/α,β-unsaturated/α-hetero) is 2. The van der Waals surface area contributed by atoms with Gasteiger partial charge < -0.3 is 9.64 Å². The summed E-state index contributed by atoms with van der Waals surface area (Å²) in [5.41, 5.74) is 1.25. The van der Waals surface area contributed by atoms with Gasteiger partial charge in [-0.3, -0.25) is 9.59 Å². The van der Waals surface area contributed by atoms with Crippen molar-refractivity contribution in [3.8, 4) is 0 Å². The fourth-order valence-electron chi connectivity index (χ4n) is 6.05. The monoisotopic (exact) mass is 453 g/mol. The highest BCUT2D eigenvalue weighted by Crippen LogP contribution is 2.60. The fourth-order valence-corrected chi connectivity index (χ4v) is 6.05. The van der Waals surface area contributed by atoms with Crippen molar-refractivity contribution in [2.45, 2.75) is 18.0 Å². The predicted octanol–water partition coefficient (Wildman–Crippen LogP) is 4.43. The number of fused-ring (bicyclic) bond motifs is 5. The highest BCUT2D eigenvalue weighted by Gasteiger charge is 2.71. The van der Waals surface area contributed by atoms with Gasteiger partial charge in [0.05, 0.1) is 13.2 Å². The number of carbonyl (C=O) groups is 3. The number of ether oxygens (including phenoxy) is 1. The summed E-state index contributed by atoms with van der Waals surface area (Å²) in [5, 5.41) is 0. The van der Waals surface area contributed by atoms with Crippen molar-refractivity contribution in [1.29, 1.82) is 0 Å². The zero-order valence-electron chi connectivity index (χ0n) is 18.3. The Hall–Kier alpha value is -4.06. The third kappa shape index (κ3) is 2.45. The van der Waals surface area contributed by atoms with E-state index < -0.39 is 35.2 Å². The Balaban J connectivity index is 1.69. The van der Waals surface area contributed by atoms with Gasteiger partial charge in [-0.15, -0.1) is 0 Å². The van der Waals surface area contributed by atoms with E-state index in [0.29, 0.717) is 16.7 Å². The van der Waals surface area contributed by atoms with Gasteiger partial charge >= 0.3 is 5.97 Å². The van der Waals surface area contributed by atoms with E-state index in [1.807, 2.05) is 41.3 Å². The molecule has 6 heteroatoms. The number of rotatable bonds is 2. The molecule has 3 aliphatic rings. The molecule has 168 valence electrons. The van der Waals surface area contributed by atoms with Gasteiger partial charge in [0, 0.05) is 22.7 Å². The van der Waals surface area contributed by atoms with E-state index in [4.69, 9.17) is 4.74 Å². The molecule has 1 saturated heterocycles. The highest BCUT2D eigenvalue weighted by atomic mass is 19.1. The van der Waals surface area contributed by atoms with Crippen molar-refractivity contribution in [3.05, 3.63) is 107 Å². The van der Waals surface area contributed by atoms with Crippen LogP contribution in [0, 0.1) is 11.2 Å². The van der Waals surface area contributed by atoms with Gasteiger partial charge in [-0.2, -0.15) is 0 Å². The van der Waals surface area contributed by atoms with E-state index in [1.165, 1.54) is 19.2 Å². The second-order valence-corrected chi connectivity index (χ2v) is 8.84. The normalized spacial score (nSPS) is 23.6. The first-order valence-electron chi connectivity index (χ1n) is 11.1. The lowest BCUT2D eigenvalue weighted by Gasteiger charge is -2.36. The maximum absolute atomic E-state index is 14.2. The molecule has 0 amide bonds. The first kappa shape index (κ1) is 20.5. The molecule has 0 N–H and O–H groups in total. The molecule has 0 saturated carbocycles. The summed E-state index contributed by atoms with van der Waals surface area (Å²) in [4.78, 5) is 43.6. The van der Waals surface area contributed by atoms with Crippen molar-refractivity contribution in [1.82, 2.24) is 0 Å². The number of anilines is 1. The molecule has 0 bridgehead atoms. The number of methoxy groups -OCH3 is 1. The van der Waals surface area contributed by atoms with Crippen LogP contribution in [-0.4, -0.2) is 36.7 Å². The minimum Gasteiger partial charge on any atom is -0.467 e. The van der Waals surface area contributed by atoms with E-state index in [1.54, 1.807) is 36.4 Å². The van der Waals surface area contributed by atoms with Gasteiger partial charge in [0.1, 0.15) is 17.3 Å². The van der Waals surface area contributed by atoms with Crippen molar-refractivity contribution in [2.75, 3.05) is 12.0 Å². The molecule has 0 aromatic heterocycles. The molecular weight excluding hydrogens is 433 g/mol. The summed E-state index contributed by atoms with van der Waals surface area (Å²) < 4.78 is 19.1. The number of carbonyl (C=O) groups excluding carboxylic acids is 3. The number of hydrogen-bond acceptors (Lipinski definition) is 5. The number of halogens is 1. The van der Waals surface area contributed by atoms with Gasteiger partial charge in [-0.05, 0) is 29.3 Å². The van der Waals surface area contributed by atoms with Crippen LogP contribution in [0.5, 0.6) is 0 Å².